The number of hydrogen-bond acceptors (Lipinski definition) is 4. The van der Waals surface area contributed by atoms with Crippen LogP contribution in [0.5, 0.6) is 0 Å². The van der Waals surface area contributed by atoms with E-state index in [2.05, 4.69) is 5.32 Å². The van der Waals surface area contributed by atoms with Gasteiger partial charge in [0.1, 0.15) is 12.1 Å². The number of aliphatic hydroxyl groups is 1. The molecule has 0 spiro atoms. The summed E-state index contributed by atoms with van der Waals surface area (Å²) in [5, 5.41) is 20.1. The number of aliphatic hydroxyl groups excluding tert-OH is 1. The van der Waals surface area contributed by atoms with Crippen LogP contribution < -0.4 is 10.2 Å². The number of nitrogens with one attached hydrogen (secondary N) is 1. The molecule has 1 saturated heterocycles. The Bertz CT molecular complexity index is 555. The Balaban J connectivity index is 2.17. The summed E-state index contributed by atoms with van der Waals surface area (Å²) < 4.78 is 28.1. The van der Waals surface area contributed by atoms with E-state index in [-0.39, 0.29) is 17.8 Å². The predicted octanol–water partition coefficient (Wildman–Crippen LogP) is 1.78. The number of anilines is 2. The molecule has 5 nitrogen and oxygen atoms in total. The summed E-state index contributed by atoms with van der Waals surface area (Å²) in [6.07, 6.45) is 0.102. The molecule has 0 aliphatic carbocycles. The predicted molar refractivity (Wildman–Crippen MR) is 72.7 cm³/mol. The van der Waals surface area contributed by atoms with Gasteiger partial charge in [0, 0.05) is 18.8 Å². The molecule has 1 amide bonds. The van der Waals surface area contributed by atoms with E-state index in [0.29, 0.717) is 25.9 Å². The van der Waals surface area contributed by atoms with Gasteiger partial charge in [0.25, 0.3) is 0 Å². The lowest BCUT2D eigenvalue weighted by molar-refractivity contribution is -0.115. The maximum Gasteiger partial charge on any atom is 0.238 e. The van der Waals surface area contributed by atoms with Crippen LogP contribution in [0.2, 0.25) is 0 Å². The van der Waals surface area contributed by atoms with E-state index in [1.807, 2.05) is 0 Å². The molecule has 1 aliphatic rings. The average molecular weight is 295 g/mol. The van der Waals surface area contributed by atoms with E-state index in [0.717, 1.165) is 12.1 Å². The minimum absolute atomic E-state index is 0.0222. The van der Waals surface area contributed by atoms with Crippen LogP contribution in [-0.2, 0) is 4.79 Å². The number of carbonyl (C=O) groups is 1. The van der Waals surface area contributed by atoms with Crippen LogP contribution in [0.15, 0.2) is 12.1 Å². The van der Waals surface area contributed by atoms with E-state index in [9.17, 15) is 18.7 Å². The van der Waals surface area contributed by atoms with Crippen LogP contribution in [0.25, 0.3) is 0 Å². The summed E-state index contributed by atoms with van der Waals surface area (Å²) in [6, 6.07) is 3.71. The second-order valence-corrected chi connectivity index (χ2v) is 4.89. The first-order chi connectivity index (χ1) is 10.0. The van der Waals surface area contributed by atoms with Crippen molar-refractivity contribution in [1.29, 1.82) is 5.26 Å². The molecule has 1 aliphatic heterocycles. The van der Waals surface area contributed by atoms with Crippen molar-refractivity contribution in [2.75, 3.05) is 23.3 Å². The first kappa shape index (κ1) is 15.2. The summed E-state index contributed by atoms with van der Waals surface area (Å²) in [5.41, 5.74) is -0.175. The molecule has 0 unspecified atom stereocenters. The van der Waals surface area contributed by atoms with Gasteiger partial charge in [-0.15, -0.1) is 0 Å². The lowest BCUT2D eigenvalue weighted by Gasteiger charge is -2.32. The van der Waals surface area contributed by atoms with Crippen LogP contribution >= 0.6 is 0 Å². The number of amides is 1. The third kappa shape index (κ3) is 3.67. The Hall–Kier alpha value is -2.20. The highest BCUT2D eigenvalue weighted by atomic mass is 19.1. The highest BCUT2D eigenvalue weighted by Crippen LogP contribution is 2.29. The van der Waals surface area contributed by atoms with E-state index in [1.54, 1.807) is 6.07 Å². The van der Waals surface area contributed by atoms with Gasteiger partial charge < -0.3 is 15.3 Å². The van der Waals surface area contributed by atoms with Crippen LogP contribution in [0.4, 0.5) is 20.2 Å². The van der Waals surface area contributed by atoms with Gasteiger partial charge in [0.15, 0.2) is 11.6 Å². The molecule has 0 atom stereocenters. The molecular formula is C14H15F2N3O2. The lowest BCUT2D eigenvalue weighted by Crippen LogP contribution is -2.36. The molecule has 1 heterocycles. The number of nitrogens with zero attached hydrogens (tertiary/aromatic N) is 2. The Labute approximate surface area is 120 Å². The van der Waals surface area contributed by atoms with Crippen LogP contribution in [0.1, 0.15) is 19.3 Å². The summed E-state index contributed by atoms with van der Waals surface area (Å²) >= 11 is 0. The van der Waals surface area contributed by atoms with Crippen molar-refractivity contribution in [3.8, 4) is 6.07 Å². The molecule has 1 fully saturated rings. The highest BCUT2D eigenvalue weighted by molar-refractivity contribution is 5.92. The van der Waals surface area contributed by atoms with E-state index in [1.165, 1.54) is 4.90 Å². The number of halogens is 2. The SMILES string of the molecule is N#CCC(=O)Nc1cc(F)c(N2CCC(O)CC2)c(F)c1. The van der Waals surface area contributed by atoms with Crippen molar-refractivity contribution in [2.24, 2.45) is 0 Å². The Morgan fingerprint density at radius 1 is 1.38 bits per heavy atom. The fourth-order valence-corrected chi connectivity index (χ4v) is 2.31. The number of nitriles is 1. The number of rotatable bonds is 3. The molecule has 2 rings (SSSR count). The number of carbonyl (C=O) groups excluding carboxylic acids is 1. The van der Waals surface area contributed by atoms with Gasteiger partial charge in [-0.1, -0.05) is 0 Å². The van der Waals surface area contributed by atoms with Gasteiger partial charge in [-0.25, -0.2) is 8.78 Å². The lowest BCUT2D eigenvalue weighted by atomic mass is 10.1. The zero-order valence-corrected chi connectivity index (χ0v) is 11.3. The van der Waals surface area contributed by atoms with Crippen LogP contribution in [0.3, 0.4) is 0 Å². The fourth-order valence-electron chi connectivity index (χ4n) is 2.31. The summed E-state index contributed by atoms with van der Waals surface area (Å²) in [5.74, 6) is -2.18. The topological polar surface area (TPSA) is 76.4 Å². The second-order valence-electron chi connectivity index (χ2n) is 4.89. The van der Waals surface area contributed by atoms with Crippen molar-refractivity contribution in [1.82, 2.24) is 0 Å². The molecule has 112 valence electrons. The maximum absolute atomic E-state index is 14.1. The van der Waals surface area contributed by atoms with E-state index in [4.69, 9.17) is 5.26 Å². The molecular weight excluding hydrogens is 280 g/mol. The van der Waals surface area contributed by atoms with Crippen LogP contribution in [0, 0.1) is 23.0 Å². The zero-order chi connectivity index (χ0) is 15.4. The van der Waals surface area contributed by atoms with Gasteiger partial charge in [-0.3, -0.25) is 4.79 Å². The van der Waals surface area contributed by atoms with Crippen molar-refractivity contribution in [2.45, 2.75) is 25.4 Å². The van der Waals surface area contributed by atoms with Crippen molar-refractivity contribution in [3.63, 3.8) is 0 Å². The first-order valence-electron chi connectivity index (χ1n) is 6.60. The molecule has 2 N–H and O–H groups in total. The Morgan fingerprint density at radius 2 is 1.95 bits per heavy atom. The quantitative estimate of drug-likeness (QED) is 0.891. The smallest absolute Gasteiger partial charge is 0.238 e. The minimum Gasteiger partial charge on any atom is -0.393 e. The van der Waals surface area contributed by atoms with E-state index >= 15 is 0 Å². The summed E-state index contributed by atoms with van der Waals surface area (Å²) in [4.78, 5) is 12.8. The highest BCUT2D eigenvalue weighted by Gasteiger charge is 2.23. The Kier molecular flexibility index (Phi) is 4.70. The van der Waals surface area contributed by atoms with E-state index < -0.39 is 23.6 Å². The molecule has 0 bridgehead atoms. The largest absolute Gasteiger partial charge is 0.393 e. The second kappa shape index (κ2) is 6.50. The summed E-state index contributed by atoms with van der Waals surface area (Å²) in [6.45, 7) is 0.740. The van der Waals surface area contributed by atoms with Crippen LogP contribution in [-0.4, -0.2) is 30.2 Å². The number of piperidine rings is 1. The van der Waals surface area contributed by atoms with Crippen molar-refractivity contribution < 1.29 is 18.7 Å². The minimum atomic E-state index is -0.779. The van der Waals surface area contributed by atoms with Gasteiger partial charge in [-0.2, -0.15) is 5.26 Å². The molecule has 1 aromatic carbocycles. The van der Waals surface area contributed by atoms with Gasteiger partial charge in [0.05, 0.1) is 12.2 Å². The third-order valence-electron chi connectivity index (χ3n) is 3.32. The first-order valence-corrected chi connectivity index (χ1v) is 6.60. The molecule has 21 heavy (non-hydrogen) atoms. The van der Waals surface area contributed by atoms with Gasteiger partial charge in [0.2, 0.25) is 5.91 Å². The van der Waals surface area contributed by atoms with Crippen molar-refractivity contribution in [3.05, 3.63) is 23.8 Å². The summed E-state index contributed by atoms with van der Waals surface area (Å²) in [7, 11) is 0. The molecule has 0 radical (unpaired) electrons. The van der Waals surface area contributed by atoms with Gasteiger partial charge in [-0.05, 0) is 25.0 Å². The van der Waals surface area contributed by atoms with Gasteiger partial charge >= 0.3 is 0 Å². The molecule has 7 heteroatoms. The monoisotopic (exact) mass is 295 g/mol. The normalized spacial score (nSPS) is 15.6. The average Bonchev–Trinajstić information content (AvgIpc) is 2.40. The fraction of sp³-hybridized carbons (Fsp3) is 0.429. The third-order valence-corrected chi connectivity index (χ3v) is 3.32. The standard InChI is InChI=1S/C14H15F2N3O2/c15-11-7-9(18-13(21)1-4-17)8-12(16)14(11)19-5-2-10(20)3-6-19/h7-8,10,20H,1-3,5-6H2,(H,18,21). The maximum atomic E-state index is 14.1. The zero-order valence-electron chi connectivity index (χ0n) is 11.3. The molecule has 0 saturated carbocycles. The Morgan fingerprint density at radius 3 is 2.48 bits per heavy atom. The molecule has 1 aromatic rings. The van der Waals surface area contributed by atoms with Crippen molar-refractivity contribution >= 4 is 17.3 Å². The number of hydrogen-bond donors (Lipinski definition) is 2. The molecule has 0 aromatic heterocycles. The number of benzene rings is 1.